The second kappa shape index (κ2) is 6.76. The van der Waals surface area contributed by atoms with E-state index in [0.717, 1.165) is 21.3 Å². The van der Waals surface area contributed by atoms with Crippen LogP contribution in [0.4, 0.5) is 0 Å². The molecule has 3 heterocycles. The lowest BCUT2D eigenvalue weighted by molar-refractivity contribution is 0.0779. The predicted molar refractivity (Wildman–Crippen MR) is 97.4 cm³/mol. The Kier molecular flexibility index (Phi) is 4.91. The van der Waals surface area contributed by atoms with E-state index in [1.165, 1.54) is 22.7 Å². The van der Waals surface area contributed by atoms with E-state index in [4.69, 9.17) is 16.0 Å². The first-order valence-corrected chi connectivity index (χ1v) is 9.47. The summed E-state index contributed by atoms with van der Waals surface area (Å²) in [5.74, 6) is 0.654. The molecule has 1 amide bonds. The molecular formula is C15H12BrClN2O2S2. The van der Waals surface area contributed by atoms with E-state index in [9.17, 15) is 4.79 Å². The van der Waals surface area contributed by atoms with Crippen molar-refractivity contribution in [1.29, 1.82) is 0 Å². The molecule has 4 nitrogen and oxygen atoms in total. The maximum absolute atomic E-state index is 12.6. The molecule has 8 heteroatoms. The van der Waals surface area contributed by atoms with Crippen LogP contribution in [-0.4, -0.2) is 22.8 Å². The van der Waals surface area contributed by atoms with Gasteiger partial charge >= 0.3 is 0 Å². The van der Waals surface area contributed by atoms with E-state index in [2.05, 4.69) is 20.9 Å². The van der Waals surface area contributed by atoms with Crippen molar-refractivity contribution in [2.45, 2.75) is 13.5 Å². The molecule has 0 aliphatic heterocycles. The van der Waals surface area contributed by atoms with E-state index in [0.29, 0.717) is 20.4 Å². The predicted octanol–water partition coefficient (Wildman–Crippen LogP) is 5.46. The Morgan fingerprint density at radius 2 is 2.13 bits per heavy atom. The number of furan rings is 1. The van der Waals surface area contributed by atoms with Crippen molar-refractivity contribution < 1.29 is 9.21 Å². The number of amides is 1. The number of aromatic nitrogens is 1. The molecule has 0 saturated heterocycles. The number of carbonyl (C=O) groups excluding carboxylic acids is 1. The summed E-state index contributed by atoms with van der Waals surface area (Å²) in [6.45, 7) is 2.25. The molecular weight excluding hydrogens is 420 g/mol. The molecule has 3 aromatic heterocycles. The number of nitrogens with zero attached hydrogens (tertiary/aromatic N) is 2. The Morgan fingerprint density at radius 1 is 1.35 bits per heavy atom. The molecule has 0 aromatic carbocycles. The second-order valence-electron chi connectivity index (χ2n) is 4.90. The van der Waals surface area contributed by atoms with Crippen LogP contribution in [0.15, 0.2) is 33.4 Å². The van der Waals surface area contributed by atoms with Gasteiger partial charge in [0.15, 0.2) is 4.67 Å². The van der Waals surface area contributed by atoms with E-state index < -0.39 is 0 Å². The van der Waals surface area contributed by atoms with Crippen LogP contribution in [0, 0.1) is 6.92 Å². The van der Waals surface area contributed by atoms with Gasteiger partial charge < -0.3 is 9.32 Å². The molecule has 0 N–H and O–H groups in total. The highest BCUT2D eigenvalue weighted by Gasteiger charge is 2.21. The molecule has 0 unspecified atom stereocenters. The maximum Gasteiger partial charge on any atom is 0.266 e. The summed E-state index contributed by atoms with van der Waals surface area (Å²) in [4.78, 5) is 20.4. The van der Waals surface area contributed by atoms with Crippen LogP contribution >= 0.6 is 50.2 Å². The van der Waals surface area contributed by atoms with Gasteiger partial charge in [-0.1, -0.05) is 11.6 Å². The van der Waals surface area contributed by atoms with Gasteiger partial charge in [-0.25, -0.2) is 4.98 Å². The first-order chi connectivity index (χ1) is 10.9. The Morgan fingerprint density at radius 3 is 2.74 bits per heavy atom. The highest BCUT2D eigenvalue weighted by molar-refractivity contribution is 9.10. The number of halogens is 2. The molecule has 3 aromatic rings. The monoisotopic (exact) mass is 430 g/mol. The lowest BCUT2D eigenvalue weighted by Gasteiger charge is -2.14. The number of aryl methyl sites for hydroxylation is 1. The minimum atomic E-state index is -0.0681. The highest BCUT2D eigenvalue weighted by atomic mass is 79.9. The first-order valence-electron chi connectivity index (χ1n) is 6.67. The Balaban J connectivity index is 1.80. The maximum atomic E-state index is 12.6. The number of thiophene rings is 1. The summed E-state index contributed by atoms with van der Waals surface area (Å²) in [5.41, 5.74) is 0.729. The van der Waals surface area contributed by atoms with E-state index in [1.807, 2.05) is 31.2 Å². The lowest BCUT2D eigenvalue weighted by Crippen LogP contribution is -2.25. The number of carbonyl (C=O) groups is 1. The minimum Gasteiger partial charge on any atom is -0.452 e. The third-order valence-corrected chi connectivity index (χ3v) is 6.12. The van der Waals surface area contributed by atoms with Crippen molar-refractivity contribution in [3.8, 4) is 9.88 Å². The van der Waals surface area contributed by atoms with Crippen LogP contribution in [0.1, 0.15) is 21.1 Å². The molecule has 0 atom stereocenters. The molecule has 0 saturated carbocycles. The summed E-state index contributed by atoms with van der Waals surface area (Å²) in [6, 6.07) is 7.40. The normalized spacial score (nSPS) is 11.0. The molecule has 120 valence electrons. The Hall–Kier alpha value is -1.15. The van der Waals surface area contributed by atoms with Crippen molar-refractivity contribution in [1.82, 2.24) is 9.88 Å². The molecule has 0 radical (unpaired) electrons. The molecule has 0 fully saturated rings. The summed E-state index contributed by atoms with van der Waals surface area (Å²) in [6.07, 6.45) is 0. The van der Waals surface area contributed by atoms with Crippen molar-refractivity contribution >= 4 is 56.1 Å². The third-order valence-electron chi connectivity index (χ3n) is 3.14. The second-order valence-corrected chi connectivity index (χ2v) is 8.40. The van der Waals surface area contributed by atoms with Gasteiger partial charge in [-0.3, -0.25) is 4.79 Å². The van der Waals surface area contributed by atoms with E-state index in [1.54, 1.807) is 11.9 Å². The van der Waals surface area contributed by atoms with E-state index in [-0.39, 0.29) is 5.91 Å². The van der Waals surface area contributed by atoms with Gasteiger partial charge in [0.1, 0.15) is 15.6 Å². The smallest absolute Gasteiger partial charge is 0.266 e. The van der Waals surface area contributed by atoms with Crippen LogP contribution in [0.5, 0.6) is 0 Å². The summed E-state index contributed by atoms with van der Waals surface area (Å²) in [5, 5.41) is 0.817. The van der Waals surface area contributed by atoms with Gasteiger partial charge in [0, 0.05) is 7.05 Å². The molecule has 23 heavy (non-hydrogen) atoms. The third kappa shape index (κ3) is 3.68. The van der Waals surface area contributed by atoms with Gasteiger partial charge in [-0.2, -0.15) is 0 Å². The number of hydrogen-bond acceptors (Lipinski definition) is 5. The number of hydrogen-bond donors (Lipinski definition) is 0. The zero-order valence-electron chi connectivity index (χ0n) is 12.3. The van der Waals surface area contributed by atoms with Crippen LogP contribution in [0.25, 0.3) is 9.88 Å². The standard InChI is InChI=1S/C15H12BrClN2O2S2/c1-8-13(23-14(18-8)10-4-6-12(17)22-10)15(20)19(2)7-9-3-5-11(16)21-9/h3-6H,7H2,1-2H3. The molecule has 0 spiro atoms. The van der Waals surface area contributed by atoms with Crippen molar-refractivity contribution in [3.05, 3.63) is 49.6 Å². The molecule has 3 rings (SSSR count). The fourth-order valence-electron chi connectivity index (χ4n) is 2.05. The summed E-state index contributed by atoms with van der Waals surface area (Å²) in [7, 11) is 1.75. The average Bonchev–Trinajstić information content (AvgIpc) is 3.19. The van der Waals surface area contributed by atoms with Crippen molar-refractivity contribution in [3.63, 3.8) is 0 Å². The quantitative estimate of drug-likeness (QED) is 0.551. The zero-order valence-corrected chi connectivity index (χ0v) is 16.3. The van der Waals surface area contributed by atoms with Crippen molar-refractivity contribution in [2.75, 3.05) is 7.05 Å². The average molecular weight is 432 g/mol. The van der Waals surface area contributed by atoms with Gasteiger partial charge in [0.2, 0.25) is 0 Å². The van der Waals surface area contributed by atoms with Crippen LogP contribution in [0.3, 0.4) is 0 Å². The largest absolute Gasteiger partial charge is 0.452 e. The van der Waals surface area contributed by atoms with Gasteiger partial charge in [-0.15, -0.1) is 22.7 Å². The van der Waals surface area contributed by atoms with Gasteiger partial charge in [0.25, 0.3) is 5.91 Å². The van der Waals surface area contributed by atoms with Crippen molar-refractivity contribution in [2.24, 2.45) is 0 Å². The molecule has 0 aliphatic carbocycles. The Labute approximate surface area is 154 Å². The highest BCUT2D eigenvalue weighted by Crippen LogP contribution is 2.35. The Bertz CT molecular complexity index is 855. The first kappa shape index (κ1) is 16.7. The van der Waals surface area contributed by atoms with Crippen LogP contribution < -0.4 is 0 Å². The summed E-state index contributed by atoms with van der Waals surface area (Å²) < 4.78 is 6.81. The summed E-state index contributed by atoms with van der Waals surface area (Å²) >= 11 is 12.1. The minimum absolute atomic E-state index is 0.0681. The fourth-order valence-corrected chi connectivity index (χ4v) is 4.54. The van der Waals surface area contributed by atoms with E-state index >= 15 is 0 Å². The van der Waals surface area contributed by atoms with Gasteiger partial charge in [-0.05, 0) is 47.1 Å². The zero-order chi connectivity index (χ0) is 16.6. The molecule has 0 aliphatic rings. The van der Waals surface area contributed by atoms with Crippen LogP contribution in [0.2, 0.25) is 4.34 Å². The topological polar surface area (TPSA) is 46.3 Å². The lowest BCUT2D eigenvalue weighted by atomic mass is 10.3. The number of thiazole rings is 1. The number of rotatable bonds is 4. The van der Waals surface area contributed by atoms with Crippen LogP contribution in [-0.2, 0) is 6.54 Å². The van der Waals surface area contributed by atoms with Gasteiger partial charge in [0.05, 0.1) is 21.5 Å². The SMILES string of the molecule is Cc1nc(-c2ccc(Cl)s2)sc1C(=O)N(C)Cc1ccc(Br)o1. The molecule has 0 bridgehead atoms. The fraction of sp³-hybridized carbons (Fsp3) is 0.200.